The lowest BCUT2D eigenvalue weighted by Crippen LogP contribution is -2.46. The summed E-state index contributed by atoms with van der Waals surface area (Å²) in [6.45, 7) is 6.96. The Balaban J connectivity index is 2.09. The number of aromatic nitrogens is 1. The zero-order valence-corrected chi connectivity index (χ0v) is 13.1. The van der Waals surface area contributed by atoms with Crippen molar-refractivity contribution in [2.75, 3.05) is 26.2 Å². The van der Waals surface area contributed by atoms with E-state index in [1.54, 1.807) is 0 Å². The second-order valence-electron chi connectivity index (χ2n) is 5.21. The second-order valence-corrected chi connectivity index (χ2v) is 5.57. The van der Waals surface area contributed by atoms with Crippen molar-refractivity contribution in [3.63, 3.8) is 0 Å². The molecule has 1 saturated heterocycles. The third-order valence-electron chi connectivity index (χ3n) is 3.91. The zero-order valence-electron chi connectivity index (χ0n) is 12.4. The number of amides is 1. The number of piperazine rings is 1. The van der Waals surface area contributed by atoms with Gasteiger partial charge in [0.25, 0.3) is 0 Å². The van der Waals surface area contributed by atoms with E-state index in [4.69, 9.17) is 16.9 Å². The van der Waals surface area contributed by atoms with Crippen LogP contribution in [0.4, 0.5) is 0 Å². The molecule has 1 N–H and O–H groups in total. The molecule has 0 atom stereocenters. The molecule has 0 radical (unpaired) electrons. The molecule has 0 bridgehead atoms. The summed E-state index contributed by atoms with van der Waals surface area (Å²) < 4.78 is 0. The molecule has 21 heavy (non-hydrogen) atoms. The van der Waals surface area contributed by atoms with Crippen LogP contribution in [0.1, 0.15) is 28.8 Å². The lowest BCUT2D eigenvalue weighted by atomic mass is 9.99. The maximum atomic E-state index is 12.2. The maximum absolute atomic E-state index is 12.2. The summed E-state index contributed by atoms with van der Waals surface area (Å²) in [5.74, 6) is 0.156. The molecule has 1 aromatic rings. The summed E-state index contributed by atoms with van der Waals surface area (Å²) in [7, 11) is 0. The van der Waals surface area contributed by atoms with Crippen molar-refractivity contribution < 1.29 is 4.79 Å². The molecule has 1 amide bonds. The normalized spacial score (nSPS) is 14.9. The number of pyridine rings is 1. The summed E-state index contributed by atoms with van der Waals surface area (Å²) in [5, 5.41) is 12.6. The number of carbonyl (C=O) groups is 1. The number of nitrogens with one attached hydrogen (secondary N) is 1. The van der Waals surface area contributed by atoms with Gasteiger partial charge in [-0.1, -0.05) is 11.6 Å². The Morgan fingerprint density at radius 2 is 2.10 bits per heavy atom. The van der Waals surface area contributed by atoms with Gasteiger partial charge in [-0.05, 0) is 31.4 Å². The molecule has 1 aliphatic heterocycles. The van der Waals surface area contributed by atoms with Gasteiger partial charge in [-0.15, -0.1) is 0 Å². The first kappa shape index (κ1) is 15.7. The number of aryl methyl sites for hydroxylation is 1. The Morgan fingerprint density at radius 3 is 2.71 bits per heavy atom. The lowest BCUT2D eigenvalue weighted by Gasteiger charge is -2.27. The minimum Gasteiger partial charge on any atom is -0.340 e. The summed E-state index contributed by atoms with van der Waals surface area (Å²) in [6, 6.07) is 2.08. The van der Waals surface area contributed by atoms with Gasteiger partial charge in [0.1, 0.15) is 11.2 Å². The van der Waals surface area contributed by atoms with Gasteiger partial charge in [0.05, 0.1) is 5.56 Å². The molecule has 0 spiro atoms. The van der Waals surface area contributed by atoms with Crippen molar-refractivity contribution in [2.45, 2.75) is 26.7 Å². The summed E-state index contributed by atoms with van der Waals surface area (Å²) >= 11 is 5.98. The average molecular weight is 307 g/mol. The Kier molecular flexibility index (Phi) is 5.16. The summed E-state index contributed by atoms with van der Waals surface area (Å²) in [4.78, 5) is 18.3. The van der Waals surface area contributed by atoms with E-state index in [9.17, 15) is 4.79 Å². The van der Waals surface area contributed by atoms with E-state index in [2.05, 4.69) is 16.4 Å². The number of nitrogens with zero attached hydrogens (tertiary/aromatic N) is 3. The molecule has 0 unspecified atom stereocenters. The van der Waals surface area contributed by atoms with Crippen LogP contribution in [0, 0.1) is 25.2 Å². The largest absolute Gasteiger partial charge is 0.340 e. The highest BCUT2D eigenvalue weighted by molar-refractivity contribution is 6.30. The van der Waals surface area contributed by atoms with Crippen LogP contribution in [-0.4, -0.2) is 42.0 Å². The quantitative estimate of drug-likeness (QED) is 0.861. The SMILES string of the molecule is Cc1nc(Cl)c(C#N)c(C)c1CCC(=O)N1CCNCC1. The molecule has 5 nitrogen and oxygen atoms in total. The standard InChI is InChI=1S/C15H19ClN4O/c1-10-12(11(2)19-15(16)13(10)9-17)3-4-14(21)20-7-5-18-6-8-20/h18H,3-8H2,1-2H3. The van der Waals surface area contributed by atoms with E-state index in [0.29, 0.717) is 18.4 Å². The predicted octanol–water partition coefficient (Wildman–Crippen LogP) is 1.59. The van der Waals surface area contributed by atoms with Crippen LogP contribution in [0.3, 0.4) is 0 Å². The van der Waals surface area contributed by atoms with Crippen LogP contribution in [-0.2, 0) is 11.2 Å². The van der Waals surface area contributed by atoms with Crippen molar-refractivity contribution in [3.05, 3.63) is 27.5 Å². The Bertz CT molecular complexity index is 588. The van der Waals surface area contributed by atoms with Crippen molar-refractivity contribution >= 4 is 17.5 Å². The fourth-order valence-electron chi connectivity index (χ4n) is 2.65. The van der Waals surface area contributed by atoms with E-state index in [0.717, 1.165) is 43.0 Å². The summed E-state index contributed by atoms with van der Waals surface area (Å²) in [5.41, 5.74) is 3.00. The fourth-order valence-corrected chi connectivity index (χ4v) is 2.96. The minimum atomic E-state index is 0.156. The maximum Gasteiger partial charge on any atom is 0.222 e. The molecule has 2 rings (SSSR count). The molecule has 1 fully saturated rings. The Labute approximate surface area is 129 Å². The molecule has 112 valence electrons. The molecule has 0 aliphatic carbocycles. The number of carbonyl (C=O) groups excluding carboxylic acids is 1. The first-order valence-corrected chi connectivity index (χ1v) is 7.46. The molecule has 6 heteroatoms. The lowest BCUT2D eigenvalue weighted by molar-refractivity contribution is -0.131. The van der Waals surface area contributed by atoms with E-state index in [1.807, 2.05) is 18.7 Å². The number of nitriles is 1. The smallest absolute Gasteiger partial charge is 0.222 e. The van der Waals surface area contributed by atoms with Gasteiger partial charge in [-0.2, -0.15) is 5.26 Å². The van der Waals surface area contributed by atoms with Crippen molar-refractivity contribution in [3.8, 4) is 6.07 Å². The second kappa shape index (κ2) is 6.88. The first-order chi connectivity index (χ1) is 10.0. The zero-order chi connectivity index (χ0) is 15.4. The van der Waals surface area contributed by atoms with Crippen molar-refractivity contribution in [1.29, 1.82) is 5.26 Å². The third kappa shape index (κ3) is 3.52. The van der Waals surface area contributed by atoms with Gasteiger partial charge in [0.2, 0.25) is 5.91 Å². The van der Waals surface area contributed by atoms with Gasteiger partial charge < -0.3 is 10.2 Å². The van der Waals surface area contributed by atoms with Crippen LogP contribution in [0.5, 0.6) is 0 Å². The van der Waals surface area contributed by atoms with Gasteiger partial charge in [-0.25, -0.2) is 4.98 Å². The van der Waals surface area contributed by atoms with Crippen LogP contribution in [0.15, 0.2) is 0 Å². The van der Waals surface area contributed by atoms with Crippen molar-refractivity contribution in [1.82, 2.24) is 15.2 Å². The third-order valence-corrected chi connectivity index (χ3v) is 4.18. The fraction of sp³-hybridized carbons (Fsp3) is 0.533. The van der Waals surface area contributed by atoms with Crippen LogP contribution < -0.4 is 5.32 Å². The number of hydrogen-bond acceptors (Lipinski definition) is 4. The van der Waals surface area contributed by atoms with E-state index >= 15 is 0 Å². The highest BCUT2D eigenvalue weighted by Crippen LogP contribution is 2.23. The van der Waals surface area contributed by atoms with Crippen molar-refractivity contribution in [2.24, 2.45) is 0 Å². The molecule has 0 aromatic carbocycles. The Morgan fingerprint density at radius 1 is 1.43 bits per heavy atom. The highest BCUT2D eigenvalue weighted by Gasteiger charge is 2.18. The van der Waals surface area contributed by atoms with Crippen LogP contribution in [0.2, 0.25) is 5.15 Å². The molecular weight excluding hydrogens is 288 g/mol. The van der Waals surface area contributed by atoms with Gasteiger partial charge in [0.15, 0.2) is 0 Å². The van der Waals surface area contributed by atoms with Gasteiger partial charge in [0, 0.05) is 38.3 Å². The van der Waals surface area contributed by atoms with E-state index < -0.39 is 0 Å². The number of rotatable bonds is 3. The highest BCUT2D eigenvalue weighted by atomic mass is 35.5. The van der Waals surface area contributed by atoms with Gasteiger partial charge >= 0.3 is 0 Å². The topological polar surface area (TPSA) is 69.0 Å². The molecule has 0 saturated carbocycles. The minimum absolute atomic E-state index is 0.156. The average Bonchev–Trinajstić information content (AvgIpc) is 2.47. The van der Waals surface area contributed by atoms with Gasteiger partial charge in [-0.3, -0.25) is 4.79 Å². The van der Waals surface area contributed by atoms with E-state index in [-0.39, 0.29) is 11.1 Å². The molecular formula is C15H19ClN4O. The molecule has 1 aliphatic rings. The monoisotopic (exact) mass is 306 g/mol. The summed E-state index contributed by atoms with van der Waals surface area (Å²) in [6.07, 6.45) is 1.04. The van der Waals surface area contributed by atoms with Crippen LogP contribution >= 0.6 is 11.6 Å². The van der Waals surface area contributed by atoms with E-state index in [1.165, 1.54) is 0 Å². The Hall–Kier alpha value is -1.64. The first-order valence-electron chi connectivity index (χ1n) is 7.08. The number of hydrogen-bond donors (Lipinski definition) is 1. The molecule has 1 aromatic heterocycles. The predicted molar refractivity (Wildman–Crippen MR) is 81.2 cm³/mol. The van der Waals surface area contributed by atoms with Crippen LogP contribution in [0.25, 0.3) is 0 Å². The molecule has 2 heterocycles. The number of halogens is 1.